The fraction of sp³-hybridized carbons (Fsp3) is 0.833. The molecule has 1 saturated carbocycles. The van der Waals surface area contributed by atoms with Gasteiger partial charge in [-0.3, -0.25) is 4.57 Å². The predicted molar refractivity (Wildman–Crippen MR) is 67.0 cm³/mol. The first-order valence-corrected chi connectivity index (χ1v) is 6.50. The van der Waals surface area contributed by atoms with Crippen molar-refractivity contribution in [3.8, 4) is 0 Å². The maximum Gasteiger partial charge on any atom is 0.343 e. The van der Waals surface area contributed by atoms with E-state index in [2.05, 4.69) is 10.2 Å². The number of hydrogen-bond donors (Lipinski definition) is 2. The molecular weight excluding hydrogens is 216 g/mol. The molecule has 1 aromatic heterocycles. The SMILES string of the molecule is CC(C)n1c(C2CCC(CN)CC2)n[nH]c1=O. The van der Waals surface area contributed by atoms with Crippen molar-refractivity contribution in [3.05, 3.63) is 16.3 Å². The summed E-state index contributed by atoms with van der Waals surface area (Å²) in [6, 6.07) is 0.170. The van der Waals surface area contributed by atoms with Gasteiger partial charge in [0, 0.05) is 12.0 Å². The van der Waals surface area contributed by atoms with Gasteiger partial charge in [-0.15, -0.1) is 0 Å². The third-order valence-corrected chi connectivity index (χ3v) is 3.79. The van der Waals surface area contributed by atoms with Crippen LogP contribution >= 0.6 is 0 Å². The molecule has 96 valence electrons. The van der Waals surface area contributed by atoms with Crippen LogP contribution in [0.15, 0.2) is 4.79 Å². The van der Waals surface area contributed by atoms with E-state index < -0.39 is 0 Å². The van der Waals surface area contributed by atoms with Crippen LogP contribution in [0.5, 0.6) is 0 Å². The van der Waals surface area contributed by atoms with Crippen LogP contribution in [0.1, 0.15) is 57.3 Å². The minimum atomic E-state index is -0.0871. The lowest BCUT2D eigenvalue weighted by Gasteiger charge is -2.27. The molecule has 0 atom stereocenters. The smallest absolute Gasteiger partial charge is 0.330 e. The maximum absolute atomic E-state index is 11.7. The Morgan fingerprint density at radius 1 is 1.41 bits per heavy atom. The first kappa shape index (κ1) is 12.4. The highest BCUT2D eigenvalue weighted by Crippen LogP contribution is 2.34. The summed E-state index contributed by atoms with van der Waals surface area (Å²) >= 11 is 0. The first-order chi connectivity index (χ1) is 8.13. The summed E-state index contributed by atoms with van der Waals surface area (Å²) in [5, 5.41) is 6.78. The molecule has 1 aromatic rings. The molecule has 3 N–H and O–H groups in total. The lowest BCUT2D eigenvalue weighted by Crippen LogP contribution is -2.25. The zero-order valence-electron chi connectivity index (χ0n) is 10.6. The van der Waals surface area contributed by atoms with Crippen LogP contribution in [-0.2, 0) is 0 Å². The number of nitrogens with two attached hydrogens (primary N) is 1. The molecular formula is C12H22N4O. The Morgan fingerprint density at radius 3 is 2.59 bits per heavy atom. The summed E-state index contributed by atoms with van der Waals surface area (Å²) in [6.07, 6.45) is 4.50. The van der Waals surface area contributed by atoms with E-state index in [4.69, 9.17) is 5.73 Å². The number of nitrogens with one attached hydrogen (secondary N) is 1. The van der Waals surface area contributed by atoms with Crippen molar-refractivity contribution in [2.75, 3.05) is 6.54 Å². The molecule has 17 heavy (non-hydrogen) atoms. The average molecular weight is 238 g/mol. The van der Waals surface area contributed by atoms with Gasteiger partial charge in [0.15, 0.2) is 0 Å². The summed E-state index contributed by atoms with van der Waals surface area (Å²) in [5.41, 5.74) is 5.61. The Morgan fingerprint density at radius 2 is 2.06 bits per heavy atom. The van der Waals surface area contributed by atoms with E-state index in [9.17, 15) is 4.79 Å². The molecule has 5 nitrogen and oxygen atoms in total. The van der Waals surface area contributed by atoms with E-state index in [1.807, 2.05) is 13.8 Å². The number of rotatable bonds is 3. The van der Waals surface area contributed by atoms with Gasteiger partial charge in [0.1, 0.15) is 5.82 Å². The van der Waals surface area contributed by atoms with E-state index in [0.29, 0.717) is 11.8 Å². The van der Waals surface area contributed by atoms with Crippen LogP contribution < -0.4 is 11.4 Å². The fourth-order valence-electron chi connectivity index (χ4n) is 2.76. The van der Waals surface area contributed by atoms with Crippen LogP contribution in [-0.4, -0.2) is 21.3 Å². The molecule has 0 spiro atoms. The molecule has 0 bridgehead atoms. The van der Waals surface area contributed by atoms with Crippen molar-refractivity contribution in [2.45, 2.75) is 51.5 Å². The lowest BCUT2D eigenvalue weighted by atomic mass is 9.81. The monoisotopic (exact) mass is 238 g/mol. The molecule has 0 aromatic carbocycles. The van der Waals surface area contributed by atoms with Crippen LogP contribution in [0.4, 0.5) is 0 Å². The van der Waals surface area contributed by atoms with Gasteiger partial charge in [-0.2, -0.15) is 5.10 Å². The molecule has 2 rings (SSSR count). The maximum atomic E-state index is 11.7. The molecule has 1 fully saturated rings. The second kappa shape index (κ2) is 5.04. The summed E-state index contributed by atoms with van der Waals surface area (Å²) < 4.78 is 1.79. The Bertz CT molecular complexity index is 412. The zero-order valence-corrected chi connectivity index (χ0v) is 10.6. The van der Waals surface area contributed by atoms with Crippen molar-refractivity contribution in [1.82, 2.24) is 14.8 Å². The number of aromatic amines is 1. The third-order valence-electron chi connectivity index (χ3n) is 3.79. The summed E-state index contributed by atoms with van der Waals surface area (Å²) in [7, 11) is 0. The minimum absolute atomic E-state index is 0.0871. The van der Waals surface area contributed by atoms with Gasteiger partial charge >= 0.3 is 5.69 Å². The lowest BCUT2D eigenvalue weighted by molar-refractivity contribution is 0.317. The highest BCUT2D eigenvalue weighted by molar-refractivity contribution is 5.00. The van der Waals surface area contributed by atoms with Gasteiger partial charge in [0.05, 0.1) is 0 Å². The zero-order chi connectivity index (χ0) is 12.4. The van der Waals surface area contributed by atoms with Crippen LogP contribution in [0, 0.1) is 5.92 Å². The molecule has 0 unspecified atom stereocenters. The van der Waals surface area contributed by atoms with Crippen LogP contribution in [0.3, 0.4) is 0 Å². The number of aromatic nitrogens is 3. The second-order valence-electron chi connectivity index (χ2n) is 5.30. The van der Waals surface area contributed by atoms with Crippen molar-refractivity contribution in [2.24, 2.45) is 11.7 Å². The Balaban J connectivity index is 2.16. The van der Waals surface area contributed by atoms with Gasteiger partial charge < -0.3 is 5.73 Å². The fourth-order valence-corrected chi connectivity index (χ4v) is 2.76. The van der Waals surface area contributed by atoms with Gasteiger partial charge in [0.25, 0.3) is 0 Å². The molecule has 1 aliphatic rings. The molecule has 1 heterocycles. The highest BCUT2D eigenvalue weighted by Gasteiger charge is 2.26. The van der Waals surface area contributed by atoms with Gasteiger partial charge in [-0.05, 0) is 52.0 Å². The molecule has 5 heteroatoms. The Hall–Kier alpha value is -1.10. The standard InChI is InChI=1S/C12H22N4O/c1-8(2)16-11(14-15-12(16)17)10-5-3-9(7-13)4-6-10/h8-10H,3-7,13H2,1-2H3,(H,15,17). The molecule has 0 aliphatic heterocycles. The van der Waals surface area contributed by atoms with E-state index in [1.165, 1.54) is 0 Å². The van der Waals surface area contributed by atoms with Gasteiger partial charge in [-0.1, -0.05) is 0 Å². The van der Waals surface area contributed by atoms with Crippen LogP contribution in [0.25, 0.3) is 0 Å². The molecule has 1 aliphatic carbocycles. The number of hydrogen-bond acceptors (Lipinski definition) is 3. The first-order valence-electron chi connectivity index (χ1n) is 6.50. The summed E-state index contributed by atoms with van der Waals surface area (Å²) in [6.45, 7) is 4.82. The predicted octanol–water partition coefficient (Wildman–Crippen LogP) is 1.38. The summed E-state index contributed by atoms with van der Waals surface area (Å²) in [4.78, 5) is 11.7. The molecule has 0 radical (unpaired) electrons. The third kappa shape index (κ3) is 2.44. The topological polar surface area (TPSA) is 76.7 Å². The minimum Gasteiger partial charge on any atom is -0.330 e. The summed E-state index contributed by atoms with van der Waals surface area (Å²) in [5.74, 6) is 2.00. The van der Waals surface area contributed by atoms with Crippen molar-refractivity contribution < 1.29 is 0 Å². The average Bonchev–Trinajstić information content (AvgIpc) is 2.71. The Kier molecular flexibility index (Phi) is 3.66. The van der Waals surface area contributed by atoms with Crippen molar-refractivity contribution in [3.63, 3.8) is 0 Å². The molecule has 0 amide bonds. The quantitative estimate of drug-likeness (QED) is 0.835. The van der Waals surface area contributed by atoms with Gasteiger partial charge in [0.2, 0.25) is 0 Å². The van der Waals surface area contributed by atoms with Crippen LogP contribution in [0.2, 0.25) is 0 Å². The van der Waals surface area contributed by atoms with Crippen molar-refractivity contribution >= 4 is 0 Å². The highest BCUT2D eigenvalue weighted by atomic mass is 16.1. The molecule has 0 saturated heterocycles. The van der Waals surface area contributed by atoms with E-state index in [-0.39, 0.29) is 11.7 Å². The largest absolute Gasteiger partial charge is 0.343 e. The van der Waals surface area contributed by atoms with Crippen molar-refractivity contribution in [1.29, 1.82) is 0 Å². The van der Waals surface area contributed by atoms with E-state index in [0.717, 1.165) is 38.1 Å². The normalized spacial score (nSPS) is 25.4. The number of H-pyrrole nitrogens is 1. The second-order valence-corrected chi connectivity index (χ2v) is 5.30. The number of nitrogens with zero attached hydrogens (tertiary/aromatic N) is 2. The van der Waals surface area contributed by atoms with Gasteiger partial charge in [-0.25, -0.2) is 9.89 Å². The Labute approximate surface area is 101 Å². The van der Waals surface area contributed by atoms with E-state index in [1.54, 1.807) is 4.57 Å². The van der Waals surface area contributed by atoms with E-state index >= 15 is 0 Å².